The fraction of sp³-hybridized carbons (Fsp3) is 0.120. The van der Waals surface area contributed by atoms with E-state index in [-0.39, 0.29) is 17.3 Å². The van der Waals surface area contributed by atoms with E-state index < -0.39 is 5.97 Å². The number of benzene rings is 3. The Morgan fingerprint density at radius 3 is 2.56 bits per heavy atom. The Bertz CT molecular complexity index is 1260. The molecule has 3 aromatic rings. The molecule has 4 rings (SSSR count). The second-order valence-electron chi connectivity index (χ2n) is 7.06. The zero-order chi connectivity index (χ0) is 22.8. The van der Waals surface area contributed by atoms with E-state index in [9.17, 15) is 9.59 Å². The van der Waals surface area contributed by atoms with Crippen molar-refractivity contribution in [3.8, 4) is 23.0 Å². The van der Waals surface area contributed by atoms with Crippen molar-refractivity contribution < 1.29 is 28.5 Å². The number of carbonyl (C=O) groups is 2. The maximum Gasteiger partial charge on any atom is 0.343 e. The molecule has 0 saturated carbocycles. The third-order valence-corrected chi connectivity index (χ3v) is 5.43. The van der Waals surface area contributed by atoms with Gasteiger partial charge in [0.25, 0.3) is 0 Å². The van der Waals surface area contributed by atoms with E-state index >= 15 is 0 Å². The van der Waals surface area contributed by atoms with Crippen LogP contribution in [-0.4, -0.2) is 26.0 Å². The average molecular weight is 495 g/mol. The summed E-state index contributed by atoms with van der Waals surface area (Å²) in [4.78, 5) is 25.5. The number of rotatable bonds is 5. The minimum Gasteiger partial charge on any atom is -0.497 e. The van der Waals surface area contributed by atoms with Gasteiger partial charge >= 0.3 is 5.97 Å². The van der Waals surface area contributed by atoms with Crippen LogP contribution in [0.4, 0.5) is 0 Å². The molecule has 1 aliphatic rings. The first kappa shape index (κ1) is 21.6. The number of methoxy groups -OCH3 is 2. The molecule has 0 saturated heterocycles. The van der Waals surface area contributed by atoms with Gasteiger partial charge in [-0.3, -0.25) is 4.79 Å². The molecule has 0 aliphatic carbocycles. The van der Waals surface area contributed by atoms with Crippen LogP contribution in [0, 0.1) is 6.92 Å². The van der Waals surface area contributed by atoms with Gasteiger partial charge in [-0.1, -0.05) is 22.0 Å². The molecule has 0 N–H and O–H groups in total. The van der Waals surface area contributed by atoms with Gasteiger partial charge in [0.05, 0.1) is 25.3 Å². The monoisotopic (exact) mass is 494 g/mol. The summed E-state index contributed by atoms with van der Waals surface area (Å²) in [7, 11) is 3.09. The number of ether oxygens (including phenoxy) is 4. The Morgan fingerprint density at radius 2 is 1.81 bits per heavy atom. The SMILES string of the molecule is COc1cccc(C(=O)Oc2cc(C)c3c(c2)O/C(=C\c2cc(Br)ccc2OC)C3=O)c1. The molecule has 0 spiro atoms. The number of aryl methyl sites for hydroxylation is 1. The molecule has 0 radical (unpaired) electrons. The van der Waals surface area contributed by atoms with Crippen molar-refractivity contribution in [3.63, 3.8) is 0 Å². The highest BCUT2D eigenvalue weighted by atomic mass is 79.9. The number of carbonyl (C=O) groups excluding carboxylic acids is 2. The van der Waals surface area contributed by atoms with Gasteiger partial charge in [0, 0.05) is 16.1 Å². The van der Waals surface area contributed by atoms with Gasteiger partial charge in [0.2, 0.25) is 5.78 Å². The van der Waals surface area contributed by atoms with Crippen LogP contribution in [0.25, 0.3) is 6.08 Å². The van der Waals surface area contributed by atoms with Crippen LogP contribution < -0.4 is 18.9 Å². The number of esters is 1. The van der Waals surface area contributed by atoms with E-state index in [4.69, 9.17) is 18.9 Å². The average Bonchev–Trinajstić information content (AvgIpc) is 3.09. The highest BCUT2D eigenvalue weighted by Crippen LogP contribution is 2.38. The number of halogens is 1. The van der Waals surface area contributed by atoms with Crippen LogP contribution in [0.5, 0.6) is 23.0 Å². The minimum atomic E-state index is -0.540. The number of Topliss-reactive ketones (excluding diaryl/α,β-unsaturated/α-hetero) is 1. The molecular formula is C25H19BrO6. The first-order chi connectivity index (χ1) is 15.4. The normalized spacial score (nSPS) is 13.5. The standard InChI is InChI=1S/C25H19BrO6/c1-14-9-19(31-25(28)15-5-4-6-18(11-15)29-2)13-21-23(14)24(27)22(32-21)12-16-10-17(26)7-8-20(16)30-3/h4-13H,1-3H3/b22-12-. The summed E-state index contributed by atoms with van der Waals surface area (Å²) >= 11 is 3.42. The lowest BCUT2D eigenvalue weighted by Gasteiger charge is -2.08. The Labute approximate surface area is 193 Å². The summed E-state index contributed by atoms with van der Waals surface area (Å²) < 4.78 is 22.7. The Balaban J connectivity index is 1.62. The number of fused-ring (bicyclic) bond motifs is 1. The molecule has 1 heterocycles. The van der Waals surface area contributed by atoms with Crippen LogP contribution in [0.2, 0.25) is 0 Å². The van der Waals surface area contributed by atoms with Crippen molar-refractivity contribution >= 4 is 33.8 Å². The molecule has 0 bridgehead atoms. The summed E-state index contributed by atoms with van der Waals surface area (Å²) in [6, 6.07) is 15.3. The van der Waals surface area contributed by atoms with Crippen molar-refractivity contribution in [1.29, 1.82) is 0 Å². The topological polar surface area (TPSA) is 71.1 Å². The van der Waals surface area contributed by atoms with Crippen LogP contribution in [0.1, 0.15) is 31.8 Å². The second-order valence-corrected chi connectivity index (χ2v) is 7.98. The quantitative estimate of drug-likeness (QED) is 0.260. The molecule has 32 heavy (non-hydrogen) atoms. The van der Waals surface area contributed by atoms with Crippen LogP contribution in [-0.2, 0) is 0 Å². The van der Waals surface area contributed by atoms with Crippen molar-refractivity contribution in [1.82, 2.24) is 0 Å². The third-order valence-electron chi connectivity index (χ3n) is 4.94. The molecular weight excluding hydrogens is 476 g/mol. The molecule has 3 aromatic carbocycles. The molecule has 7 heteroatoms. The Morgan fingerprint density at radius 1 is 1.00 bits per heavy atom. The van der Waals surface area contributed by atoms with Gasteiger partial charge in [-0.2, -0.15) is 0 Å². The molecule has 162 valence electrons. The molecule has 0 aromatic heterocycles. The predicted octanol–water partition coefficient (Wildman–Crippen LogP) is 5.61. The van der Waals surface area contributed by atoms with Gasteiger partial charge in [-0.05, 0) is 61.0 Å². The van der Waals surface area contributed by atoms with Gasteiger partial charge in [-0.25, -0.2) is 4.79 Å². The lowest BCUT2D eigenvalue weighted by atomic mass is 10.0. The lowest BCUT2D eigenvalue weighted by molar-refractivity contribution is 0.0734. The maximum atomic E-state index is 13.0. The number of ketones is 1. The van der Waals surface area contributed by atoms with Crippen molar-refractivity contribution in [3.05, 3.63) is 87.1 Å². The van der Waals surface area contributed by atoms with E-state index in [0.29, 0.717) is 39.5 Å². The van der Waals surface area contributed by atoms with Crippen LogP contribution in [0.3, 0.4) is 0 Å². The Kier molecular flexibility index (Phi) is 6.01. The van der Waals surface area contributed by atoms with E-state index in [1.54, 1.807) is 56.5 Å². The van der Waals surface area contributed by atoms with Gasteiger partial charge in [0.1, 0.15) is 23.0 Å². The van der Waals surface area contributed by atoms with E-state index in [1.807, 2.05) is 12.1 Å². The van der Waals surface area contributed by atoms with E-state index in [1.165, 1.54) is 13.2 Å². The molecule has 0 fully saturated rings. The predicted molar refractivity (Wildman–Crippen MR) is 123 cm³/mol. The molecule has 0 amide bonds. The number of hydrogen-bond donors (Lipinski definition) is 0. The zero-order valence-corrected chi connectivity index (χ0v) is 19.2. The summed E-state index contributed by atoms with van der Waals surface area (Å²) in [6.45, 7) is 1.77. The molecule has 0 atom stereocenters. The Hall–Kier alpha value is -3.58. The largest absolute Gasteiger partial charge is 0.497 e. The number of hydrogen-bond acceptors (Lipinski definition) is 6. The maximum absolute atomic E-state index is 13.0. The summed E-state index contributed by atoms with van der Waals surface area (Å²) in [6.07, 6.45) is 1.63. The fourth-order valence-corrected chi connectivity index (χ4v) is 3.79. The summed E-state index contributed by atoms with van der Waals surface area (Å²) in [5.74, 6) is 1.16. The summed E-state index contributed by atoms with van der Waals surface area (Å²) in [5, 5.41) is 0. The molecule has 6 nitrogen and oxygen atoms in total. The molecule has 0 unspecified atom stereocenters. The van der Waals surface area contributed by atoms with Gasteiger partial charge in [0.15, 0.2) is 5.76 Å². The highest BCUT2D eigenvalue weighted by molar-refractivity contribution is 9.10. The van der Waals surface area contributed by atoms with E-state index in [0.717, 1.165) is 4.47 Å². The third kappa shape index (κ3) is 4.24. The van der Waals surface area contributed by atoms with Gasteiger partial charge < -0.3 is 18.9 Å². The molecule has 1 aliphatic heterocycles. The van der Waals surface area contributed by atoms with E-state index in [2.05, 4.69) is 15.9 Å². The van der Waals surface area contributed by atoms with Crippen molar-refractivity contribution in [2.75, 3.05) is 14.2 Å². The summed E-state index contributed by atoms with van der Waals surface area (Å²) in [5.41, 5.74) is 2.12. The van der Waals surface area contributed by atoms with Crippen molar-refractivity contribution in [2.45, 2.75) is 6.92 Å². The number of allylic oxidation sites excluding steroid dienone is 1. The van der Waals surface area contributed by atoms with Crippen LogP contribution >= 0.6 is 15.9 Å². The fourth-order valence-electron chi connectivity index (χ4n) is 3.41. The minimum absolute atomic E-state index is 0.163. The highest BCUT2D eigenvalue weighted by Gasteiger charge is 2.30. The zero-order valence-electron chi connectivity index (χ0n) is 17.6. The first-order valence-corrected chi connectivity index (χ1v) is 10.5. The second kappa shape index (κ2) is 8.88. The van der Waals surface area contributed by atoms with Gasteiger partial charge in [-0.15, -0.1) is 0 Å². The van der Waals surface area contributed by atoms with Crippen LogP contribution in [0.15, 0.2) is 64.8 Å². The van der Waals surface area contributed by atoms with Crippen molar-refractivity contribution in [2.24, 2.45) is 0 Å². The lowest BCUT2D eigenvalue weighted by Crippen LogP contribution is -2.09. The first-order valence-electron chi connectivity index (χ1n) is 9.68. The smallest absolute Gasteiger partial charge is 0.343 e.